The summed E-state index contributed by atoms with van der Waals surface area (Å²) in [5, 5.41) is 3.25. The summed E-state index contributed by atoms with van der Waals surface area (Å²) < 4.78 is 0. The van der Waals surface area contributed by atoms with Gasteiger partial charge in [0.25, 0.3) is 0 Å². The van der Waals surface area contributed by atoms with E-state index >= 15 is 0 Å². The highest BCUT2D eigenvalue weighted by molar-refractivity contribution is 7.98. The van der Waals surface area contributed by atoms with Crippen LogP contribution in [0.25, 0.3) is 0 Å². The molecule has 0 aliphatic heterocycles. The summed E-state index contributed by atoms with van der Waals surface area (Å²) in [7, 11) is 0. The van der Waals surface area contributed by atoms with Crippen LogP contribution in [0.3, 0.4) is 0 Å². The lowest BCUT2D eigenvalue weighted by molar-refractivity contribution is 0.904. The van der Waals surface area contributed by atoms with Gasteiger partial charge in [0, 0.05) is 18.0 Å². The first kappa shape index (κ1) is 10.2. The number of pyridine rings is 1. The fraction of sp³-hybridized carbons (Fsp3) is 0.444. The molecule has 0 aliphatic carbocycles. The molecule has 1 rings (SSSR count). The van der Waals surface area contributed by atoms with E-state index in [0.717, 1.165) is 11.6 Å². The van der Waals surface area contributed by atoms with Gasteiger partial charge in [-0.05, 0) is 25.3 Å². The molecule has 0 bridgehead atoms. The highest BCUT2D eigenvalue weighted by atomic mass is 32.2. The van der Waals surface area contributed by atoms with Crippen LogP contribution in [0.1, 0.15) is 6.92 Å². The van der Waals surface area contributed by atoms with Gasteiger partial charge in [0.15, 0.2) is 0 Å². The van der Waals surface area contributed by atoms with Crippen molar-refractivity contribution in [3.05, 3.63) is 18.3 Å². The number of hydrogen-bond acceptors (Lipinski definition) is 4. The van der Waals surface area contributed by atoms with Crippen molar-refractivity contribution >= 4 is 23.3 Å². The number of nitrogens with one attached hydrogen (secondary N) is 1. The molecule has 1 heterocycles. The van der Waals surface area contributed by atoms with Gasteiger partial charge in [0.2, 0.25) is 0 Å². The number of thioether (sulfide) groups is 1. The molecule has 0 aromatic carbocycles. The van der Waals surface area contributed by atoms with Gasteiger partial charge in [0.05, 0.1) is 5.69 Å². The summed E-state index contributed by atoms with van der Waals surface area (Å²) >= 11 is 1.80. The van der Waals surface area contributed by atoms with Gasteiger partial charge in [0.1, 0.15) is 5.82 Å². The van der Waals surface area contributed by atoms with Gasteiger partial charge in [-0.25, -0.2) is 4.98 Å². The summed E-state index contributed by atoms with van der Waals surface area (Å²) in [6.07, 6.45) is 3.82. The molecule has 0 saturated carbocycles. The molecule has 0 amide bonds. The highest BCUT2D eigenvalue weighted by Crippen LogP contribution is 2.14. The predicted molar refractivity (Wildman–Crippen MR) is 60.1 cm³/mol. The normalized spacial score (nSPS) is 12.5. The minimum Gasteiger partial charge on any atom is -0.396 e. The zero-order valence-corrected chi connectivity index (χ0v) is 8.77. The molecule has 0 spiro atoms. The van der Waals surface area contributed by atoms with E-state index in [1.54, 1.807) is 18.0 Å². The Morgan fingerprint density at radius 1 is 1.69 bits per heavy atom. The fourth-order valence-corrected chi connectivity index (χ4v) is 1.65. The third kappa shape index (κ3) is 3.14. The van der Waals surface area contributed by atoms with E-state index < -0.39 is 0 Å². The molecule has 1 unspecified atom stereocenters. The molecule has 1 atom stereocenters. The van der Waals surface area contributed by atoms with Gasteiger partial charge >= 0.3 is 0 Å². The number of nitrogen functional groups attached to an aromatic ring is 1. The molecular weight excluding hydrogens is 182 g/mol. The third-order valence-corrected chi connectivity index (χ3v) is 2.47. The van der Waals surface area contributed by atoms with Gasteiger partial charge in [-0.3, -0.25) is 0 Å². The van der Waals surface area contributed by atoms with E-state index in [1.807, 2.05) is 12.1 Å². The lowest BCUT2D eigenvalue weighted by atomic mass is 10.3. The SMILES string of the molecule is CSCC(C)Nc1ncccc1N. The first-order valence-corrected chi connectivity index (χ1v) is 5.59. The average molecular weight is 197 g/mol. The van der Waals surface area contributed by atoms with Crippen LogP contribution in [0.4, 0.5) is 11.5 Å². The first-order valence-electron chi connectivity index (χ1n) is 4.20. The summed E-state index contributed by atoms with van der Waals surface area (Å²) in [6.45, 7) is 2.12. The van der Waals surface area contributed by atoms with Crippen LogP contribution in [0.2, 0.25) is 0 Å². The largest absolute Gasteiger partial charge is 0.396 e. The van der Waals surface area contributed by atoms with Crippen molar-refractivity contribution in [3.63, 3.8) is 0 Å². The van der Waals surface area contributed by atoms with Crippen molar-refractivity contribution in [1.29, 1.82) is 0 Å². The summed E-state index contributed by atoms with van der Waals surface area (Å²) in [5.41, 5.74) is 6.44. The standard InChI is InChI=1S/C9H15N3S/c1-7(6-13-2)12-9-8(10)4-3-5-11-9/h3-5,7H,6,10H2,1-2H3,(H,11,12). The summed E-state index contributed by atoms with van der Waals surface area (Å²) in [4.78, 5) is 4.16. The second kappa shape index (κ2) is 4.97. The number of aromatic nitrogens is 1. The van der Waals surface area contributed by atoms with Crippen LogP contribution in [0.5, 0.6) is 0 Å². The van der Waals surface area contributed by atoms with Gasteiger partial charge in [-0.2, -0.15) is 11.8 Å². The maximum atomic E-state index is 5.73. The Hall–Kier alpha value is -0.900. The Labute approximate surface area is 83.1 Å². The Morgan fingerprint density at radius 2 is 2.46 bits per heavy atom. The molecule has 0 aliphatic rings. The van der Waals surface area contributed by atoms with Crippen LogP contribution in [-0.4, -0.2) is 23.0 Å². The van der Waals surface area contributed by atoms with Crippen LogP contribution in [-0.2, 0) is 0 Å². The first-order chi connectivity index (χ1) is 6.24. The quantitative estimate of drug-likeness (QED) is 0.773. The lowest BCUT2D eigenvalue weighted by Crippen LogP contribution is -2.19. The third-order valence-electron chi connectivity index (χ3n) is 1.64. The van der Waals surface area contributed by atoms with Crippen molar-refractivity contribution in [2.45, 2.75) is 13.0 Å². The number of nitrogens with zero attached hydrogens (tertiary/aromatic N) is 1. The molecule has 4 heteroatoms. The van der Waals surface area contributed by atoms with E-state index in [-0.39, 0.29) is 0 Å². The number of rotatable bonds is 4. The van der Waals surface area contributed by atoms with E-state index in [9.17, 15) is 0 Å². The minimum atomic E-state index is 0.396. The Bertz CT molecular complexity index is 265. The maximum Gasteiger partial charge on any atom is 0.149 e. The van der Waals surface area contributed by atoms with Crippen molar-refractivity contribution < 1.29 is 0 Å². The predicted octanol–water partition coefficient (Wildman–Crippen LogP) is 1.83. The van der Waals surface area contributed by atoms with Gasteiger partial charge < -0.3 is 11.1 Å². The summed E-state index contributed by atoms with van der Waals surface area (Å²) in [6, 6.07) is 4.08. The second-order valence-corrected chi connectivity index (χ2v) is 3.85. The van der Waals surface area contributed by atoms with Gasteiger partial charge in [-0.1, -0.05) is 0 Å². The smallest absolute Gasteiger partial charge is 0.149 e. The van der Waals surface area contributed by atoms with E-state index in [2.05, 4.69) is 23.5 Å². The number of nitrogens with two attached hydrogens (primary N) is 1. The van der Waals surface area contributed by atoms with E-state index in [0.29, 0.717) is 11.7 Å². The van der Waals surface area contributed by atoms with Crippen molar-refractivity contribution in [3.8, 4) is 0 Å². The van der Waals surface area contributed by atoms with Crippen molar-refractivity contribution in [1.82, 2.24) is 4.98 Å². The topological polar surface area (TPSA) is 50.9 Å². The Morgan fingerprint density at radius 3 is 3.08 bits per heavy atom. The molecule has 3 nitrogen and oxygen atoms in total. The van der Waals surface area contributed by atoms with E-state index in [4.69, 9.17) is 5.73 Å². The molecule has 0 radical (unpaired) electrons. The minimum absolute atomic E-state index is 0.396. The molecular formula is C9H15N3S. The second-order valence-electron chi connectivity index (χ2n) is 2.94. The van der Waals surface area contributed by atoms with Crippen LogP contribution >= 0.6 is 11.8 Å². The monoisotopic (exact) mass is 197 g/mol. The van der Waals surface area contributed by atoms with Crippen molar-refractivity contribution in [2.75, 3.05) is 23.1 Å². The highest BCUT2D eigenvalue weighted by Gasteiger charge is 2.03. The zero-order valence-electron chi connectivity index (χ0n) is 7.95. The van der Waals surface area contributed by atoms with Crippen LogP contribution in [0.15, 0.2) is 18.3 Å². The molecule has 72 valence electrons. The Balaban J connectivity index is 2.58. The average Bonchev–Trinajstić information content (AvgIpc) is 2.09. The molecule has 13 heavy (non-hydrogen) atoms. The molecule has 3 N–H and O–H groups in total. The lowest BCUT2D eigenvalue weighted by Gasteiger charge is -2.14. The zero-order chi connectivity index (χ0) is 9.68. The number of anilines is 2. The summed E-state index contributed by atoms with van der Waals surface area (Å²) in [5.74, 6) is 1.83. The Kier molecular flexibility index (Phi) is 3.89. The molecule has 0 saturated heterocycles. The van der Waals surface area contributed by atoms with Gasteiger partial charge in [-0.15, -0.1) is 0 Å². The van der Waals surface area contributed by atoms with Crippen molar-refractivity contribution in [2.24, 2.45) is 0 Å². The van der Waals surface area contributed by atoms with E-state index in [1.165, 1.54) is 0 Å². The maximum absolute atomic E-state index is 5.73. The molecule has 0 fully saturated rings. The molecule has 1 aromatic rings. The number of hydrogen-bond donors (Lipinski definition) is 2. The molecule has 1 aromatic heterocycles. The van der Waals surface area contributed by atoms with Crippen LogP contribution < -0.4 is 11.1 Å². The van der Waals surface area contributed by atoms with Crippen LogP contribution in [0, 0.1) is 0 Å². The fourth-order valence-electron chi connectivity index (χ4n) is 1.06.